The monoisotopic (exact) mass is 738 g/mol. The molecular formula is C44H46N6O5. The standard InChI is InChI=1S/C44H46N6O5/c1-2-37(30-6-4-3-5-7-30)41(32-10-15-36(51)16-11-32)31-8-12-34(13-9-31)46-20-24-48(25-21-46)44(55)49-26-22-47(23-27-49)35-14-17-38-33(28-35)29-50(43(38)54)39-18-19-40(52)45-42(39)53/h3-17,28,39,51H,2,18-27,29H2,1H3,(H,45,52,53)/b41-37+. The largest absolute Gasteiger partial charge is 0.508 e. The Morgan fingerprint density at radius 3 is 1.89 bits per heavy atom. The second kappa shape index (κ2) is 15.3. The highest BCUT2D eigenvalue weighted by Gasteiger charge is 2.39. The molecule has 5 amide bonds. The zero-order valence-electron chi connectivity index (χ0n) is 31.1. The molecule has 1 atom stereocenters. The molecule has 3 fully saturated rings. The Balaban J connectivity index is 0.869. The van der Waals surface area contributed by atoms with E-state index < -0.39 is 11.9 Å². The van der Waals surface area contributed by atoms with E-state index in [1.165, 1.54) is 11.1 Å². The van der Waals surface area contributed by atoms with Crippen LogP contribution in [-0.2, 0) is 16.1 Å². The molecule has 0 aliphatic carbocycles. The molecule has 0 aromatic heterocycles. The molecule has 0 spiro atoms. The molecule has 0 radical (unpaired) electrons. The Hall–Kier alpha value is -6.10. The van der Waals surface area contributed by atoms with E-state index in [9.17, 15) is 24.3 Å². The maximum atomic E-state index is 13.6. The van der Waals surface area contributed by atoms with Gasteiger partial charge in [0.1, 0.15) is 11.8 Å². The van der Waals surface area contributed by atoms with Gasteiger partial charge < -0.3 is 29.6 Å². The molecular weight excluding hydrogens is 693 g/mol. The summed E-state index contributed by atoms with van der Waals surface area (Å²) in [6.07, 6.45) is 1.43. The first kappa shape index (κ1) is 35.9. The number of allylic oxidation sites excluding steroid dienone is 1. The lowest BCUT2D eigenvalue weighted by atomic mass is 9.88. The summed E-state index contributed by atoms with van der Waals surface area (Å²) in [5, 5.41) is 12.3. The number of hydrogen-bond acceptors (Lipinski definition) is 7. The average Bonchev–Trinajstić information content (AvgIpc) is 3.55. The number of urea groups is 1. The summed E-state index contributed by atoms with van der Waals surface area (Å²) in [6.45, 7) is 7.91. The molecule has 11 heteroatoms. The van der Waals surface area contributed by atoms with Crippen molar-refractivity contribution >= 4 is 46.3 Å². The van der Waals surface area contributed by atoms with Crippen molar-refractivity contribution < 1.29 is 24.3 Å². The Labute approximate surface area is 321 Å². The highest BCUT2D eigenvalue weighted by atomic mass is 16.3. The number of phenols is 1. The lowest BCUT2D eigenvalue weighted by molar-refractivity contribution is -0.136. The van der Waals surface area contributed by atoms with Crippen LogP contribution in [0.25, 0.3) is 11.1 Å². The lowest BCUT2D eigenvalue weighted by Crippen LogP contribution is -2.57. The molecule has 1 unspecified atom stereocenters. The van der Waals surface area contributed by atoms with Crippen LogP contribution in [0, 0.1) is 0 Å². The summed E-state index contributed by atoms with van der Waals surface area (Å²) in [7, 11) is 0. The lowest BCUT2D eigenvalue weighted by Gasteiger charge is -2.41. The van der Waals surface area contributed by atoms with E-state index in [1.54, 1.807) is 17.0 Å². The molecule has 4 aliphatic heterocycles. The topological polar surface area (TPSA) is 117 Å². The van der Waals surface area contributed by atoms with Gasteiger partial charge in [0.25, 0.3) is 5.91 Å². The highest BCUT2D eigenvalue weighted by Crippen LogP contribution is 2.36. The zero-order chi connectivity index (χ0) is 38.1. The number of fused-ring (bicyclic) bond motifs is 1. The second-order valence-corrected chi connectivity index (χ2v) is 14.6. The molecule has 0 bridgehead atoms. The summed E-state index contributed by atoms with van der Waals surface area (Å²) in [4.78, 5) is 60.9. The summed E-state index contributed by atoms with van der Waals surface area (Å²) < 4.78 is 0. The van der Waals surface area contributed by atoms with Gasteiger partial charge in [-0.05, 0) is 88.7 Å². The number of carbonyl (C=O) groups is 4. The highest BCUT2D eigenvalue weighted by molar-refractivity contribution is 6.05. The number of phenolic OH excluding ortho intramolecular Hbond substituents is 1. The molecule has 282 valence electrons. The fraction of sp³-hybridized carbons (Fsp3) is 0.318. The van der Waals surface area contributed by atoms with Crippen molar-refractivity contribution in [1.29, 1.82) is 0 Å². The summed E-state index contributed by atoms with van der Waals surface area (Å²) in [6, 6.07) is 31.8. The van der Waals surface area contributed by atoms with Crippen LogP contribution >= 0.6 is 0 Å². The first-order valence-electron chi connectivity index (χ1n) is 19.3. The Morgan fingerprint density at radius 2 is 1.29 bits per heavy atom. The van der Waals surface area contributed by atoms with Gasteiger partial charge in [-0.2, -0.15) is 0 Å². The summed E-state index contributed by atoms with van der Waals surface area (Å²) in [5.41, 5.74) is 9.36. The molecule has 4 aromatic rings. The SMILES string of the molecule is CC/C(=C(\c1ccc(O)cc1)c1ccc(N2CCN(C(=O)N3CCN(c4ccc5c(c4)CN(C4CCC(=O)NC4=O)C5=O)CC3)CC2)cc1)c1ccccc1. The number of rotatable bonds is 7. The normalized spacial score (nSPS) is 19.3. The van der Waals surface area contributed by atoms with E-state index in [-0.39, 0.29) is 30.0 Å². The van der Waals surface area contributed by atoms with Gasteiger partial charge in [-0.1, -0.05) is 61.5 Å². The van der Waals surface area contributed by atoms with Gasteiger partial charge in [0.2, 0.25) is 11.8 Å². The fourth-order valence-corrected chi connectivity index (χ4v) is 8.42. The fourth-order valence-electron chi connectivity index (χ4n) is 8.42. The molecule has 4 aromatic carbocycles. The van der Waals surface area contributed by atoms with Gasteiger partial charge in [-0.3, -0.25) is 19.7 Å². The predicted octanol–water partition coefficient (Wildman–Crippen LogP) is 5.59. The minimum atomic E-state index is -0.634. The zero-order valence-corrected chi connectivity index (χ0v) is 31.1. The van der Waals surface area contributed by atoms with Gasteiger partial charge in [0, 0.05) is 82.3 Å². The predicted molar refractivity (Wildman–Crippen MR) is 213 cm³/mol. The first-order chi connectivity index (χ1) is 26.8. The number of nitrogens with one attached hydrogen (secondary N) is 1. The average molecular weight is 739 g/mol. The minimum absolute atomic E-state index is 0.0748. The van der Waals surface area contributed by atoms with E-state index >= 15 is 0 Å². The van der Waals surface area contributed by atoms with Crippen molar-refractivity contribution in [2.24, 2.45) is 0 Å². The smallest absolute Gasteiger partial charge is 0.320 e. The van der Waals surface area contributed by atoms with Crippen molar-refractivity contribution in [3.8, 4) is 5.75 Å². The van der Waals surface area contributed by atoms with Gasteiger partial charge in [-0.25, -0.2) is 4.79 Å². The Kier molecular flexibility index (Phi) is 10.0. The third-order valence-corrected chi connectivity index (χ3v) is 11.4. The number of hydrogen-bond donors (Lipinski definition) is 2. The van der Waals surface area contributed by atoms with Gasteiger partial charge in [0.15, 0.2) is 0 Å². The molecule has 2 N–H and O–H groups in total. The third-order valence-electron chi connectivity index (χ3n) is 11.4. The van der Waals surface area contributed by atoms with Crippen LogP contribution in [0.2, 0.25) is 0 Å². The number of imide groups is 1. The van der Waals surface area contributed by atoms with Crippen LogP contribution in [0.4, 0.5) is 16.2 Å². The molecule has 4 aliphatic rings. The van der Waals surface area contributed by atoms with E-state index in [4.69, 9.17) is 0 Å². The number of benzene rings is 4. The molecule has 0 saturated carbocycles. The van der Waals surface area contributed by atoms with E-state index in [2.05, 4.69) is 70.6 Å². The van der Waals surface area contributed by atoms with E-state index in [1.807, 2.05) is 46.2 Å². The van der Waals surface area contributed by atoms with E-state index in [0.29, 0.717) is 57.8 Å². The van der Waals surface area contributed by atoms with Crippen LogP contribution in [0.5, 0.6) is 5.75 Å². The van der Waals surface area contributed by atoms with Crippen LogP contribution in [0.15, 0.2) is 97.1 Å². The maximum Gasteiger partial charge on any atom is 0.320 e. The van der Waals surface area contributed by atoms with Crippen LogP contribution in [-0.4, -0.2) is 102 Å². The van der Waals surface area contributed by atoms with Gasteiger partial charge in [-0.15, -0.1) is 0 Å². The van der Waals surface area contributed by atoms with Crippen LogP contribution in [0.1, 0.15) is 58.8 Å². The number of aromatic hydroxyl groups is 1. The maximum absolute atomic E-state index is 13.6. The van der Waals surface area contributed by atoms with Crippen molar-refractivity contribution in [2.45, 2.75) is 38.8 Å². The molecule has 55 heavy (non-hydrogen) atoms. The van der Waals surface area contributed by atoms with Crippen molar-refractivity contribution in [3.05, 3.63) is 125 Å². The van der Waals surface area contributed by atoms with Crippen molar-refractivity contribution in [1.82, 2.24) is 20.0 Å². The Bertz CT molecular complexity index is 2120. The third kappa shape index (κ3) is 7.26. The molecule has 11 nitrogen and oxygen atoms in total. The Morgan fingerprint density at radius 1 is 0.709 bits per heavy atom. The summed E-state index contributed by atoms with van der Waals surface area (Å²) >= 11 is 0. The first-order valence-corrected chi connectivity index (χ1v) is 19.3. The van der Waals surface area contributed by atoms with Crippen LogP contribution < -0.4 is 15.1 Å². The number of piperazine rings is 2. The second-order valence-electron chi connectivity index (χ2n) is 14.6. The number of nitrogens with zero attached hydrogens (tertiary/aromatic N) is 5. The number of piperidine rings is 1. The number of carbonyl (C=O) groups excluding carboxylic acids is 4. The number of amides is 5. The minimum Gasteiger partial charge on any atom is -0.508 e. The van der Waals surface area contributed by atoms with Gasteiger partial charge in [0.05, 0.1) is 0 Å². The number of anilines is 2. The molecule has 8 rings (SSSR count). The van der Waals surface area contributed by atoms with Crippen molar-refractivity contribution in [3.63, 3.8) is 0 Å². The molecule has 3 saturated heterocycles. The van der Waals surface area contributed by atoms with Gasteiger partial charge >= 0.3 is 6.03 Å². The van der Waals surface area contributed by atoms with E-state index in [0.717, 1.165) is 53.1 Å². The molecule has 4 heterocycles. The quantitative estimate of drug-likeness (QED) is 0.188. The van der Waals surface area contributed by atoms with Crippen molar-refractivity contribution in [2.75, 3.05) is 62.2 Å². The van der Waals surface area contributed by atoms with Crippen LogP contribution in [0.3, 0.4) is 0 Å². The summed E-state index contributed by atoms with van der Waals surface area (Å²) in [5.74, 6) is -0.638.